The van der Waals surface area contributed by atoms with E-state index < -0.39 is 0 Å². The molecule has 3 rings (SSSR count). The number of halogens is 1. The normalized spacial score (nSPS) is 15.9. The highest BCUT2D eigenvalue weighted by molar-refractivity contribution is 14.0. The van der Waals surface area contributed by atoms with Crippen LogP contribution in [0.3, 0.4) is 0 Å². The van der Waals surface area contributed by atoms with E-state index in [1.165, 1.54) is 5.56 Å². The summed E-state index contributed by atoms with van der Waals surface area (Å²) in [5, 5.41) is 6.86. The van der Waals surface area contributed by atoms with Crippen molar-refractivity contribution in [1.29, 1.82) is 0 Å². The summed E-state index contributed by atoms with van der Waals surface area (Å²) in [7, 11) is 1.79. The van der Waals surface area contributed by atoms with E-state index in [0.29, 0.717) is 13.2 Å². The van der Waals surface area contributed by atoms with Gasteiger partial charge >= 0.3 is 0 Å². The Morgan fingerprint density at radius 1 is 1.14 bits per heavy atom. The number of benzene rings is 1. The molecule has 6 nitrogen and oxygen atoms in total. The molecule has 29 heavy (non-hydrogen) atoms. The lowest BCUT2D eigenvalue weighted by Crippen LogP contribution is -2.48. The van der Waals surface area contributed by atoms with Gasteiger partial charge in [0, 0.05) is 38.4 Å². The van der Waals surface area contributed by atoms with Gasteiger partial charge in [0.2, 0.25) is 0 Å². The highest BCUT2D eigenvalue weighted by Crippen LogP contribution is 2.35. The Hall–Kier alpha value is -1.87. The molecule has 1 aliphatic heterocycles. The lowest BCUT2D eigenvalue weighted by Gasteiger charge is -2.38. The topological polar surface area (TPSA) is 67.8 Å². The minimum absolute atomic E-state index is 0. The van der Waals surface area contributed by atoms with Crippen molar-refractivity contribution in [2.24, 2.45) is 4.99 Å². The van der Waals surface area contributed by atoms with Gasteiger partial charge in [-0.15, -0.1) is 24.0 Å². The molecule has 0 saturated carbocycles. The average Bonchev–Trinajstić information content (AvgIpc) is 2.76. The summed E-state index contributed by atoms with van der Waals surface area (Å²) in [5.74, 6) is 1.69. The number of aliphatic imine (C=N–C) groups is 1. The van der Waals surface area contributed by atoms with E-state index in [4.69, 9.17) is 9.47 Å². The molecule has 0 atom stereocenters. The van der Waals surface area contributed by atoms with Crippen LogP contribution in [-0.2, 0) is 16.7 Å². The highest BCUT2D eigenvalue weighted by Gasteiger charge is 2.34. The van der Waals surface area contributed by atoms with E-state index in [1.54, 1.807) is 13.2 Å². The number of pyridine rings is 1. The summed E-state index contributed by atoms with van der Waals surface area (Å²) >= 11 is 0. The van der Waals surface area contributed by atoms with Gasteiger partial charge < -0.3 is 20.1 Å². The van der Waals surface area contributed by atoms with Gasteiger partial charge in [0.25, 0.3) is 0 Å². The van der Waals surface area contributed by atoms with Crippen LogP contribution in [0.25, 0.3) is 0 Å². The molecule has 0 spiro atoms. The standard InChI is InChI=1S/C22H30N4O2.HI/c1-3-28-20-9-7-18(8-10-20)22(11-14-27-15-12-22)17-26-21(23-2)25-16-19-6-4-5-13-24-19;/h4-10,13H,3,11-12,14-17H2,1-2H3,(H2,23,25,26);1H. The second-order valence-electron chi connectivity index (χ2n) is 6.95. The molecule has 2 heterocycles. The van der Waals surface area contributed by atoms with Crippen molar-refractivity contribution in [2.45, 2.75) is 31.7 Å². The SMILES string of the molecule is CCOc1ccc(C2(CNC(=NC)NCc3ccccn3)CCOCC2)cc1.I. The maximum atomic E-state index is 5.64. The van der Waals surface area contributed by atoms with Crippen molar-refractivity contribution < 1.29 is 9.47 Å². The number of rotatable bonds is 7. The third-order valence-electron chi connectivity index (χ3n) is 5.21. The Kier molecular flexibility index (Phi) is 9.66. The summed E-state index contributed by atoms with van der Waals surface area (Å²) in [6, 6.07) is 14.4. The van der Waals surface area contributed by atoms with Crippen LogP contribution in [-0.4, -0.2) is 44.4 Å². The summed E-state index contributed by atoms with van der Waals surface area (Å²) in [6.07, 6.45) is 3.76. The van der Waals surface area contributed by atoms with Gasteiger partial charge in [-0.25, -0.2) is 0 Å². The molecule has 7 heteroatoms. The molecular weight excluding hydrogens is 479 g/mol. The number of hydrogen-bond donors (Lipinski definition) is 2. The fourth-order valence-electron chi connectivity index (χ4n) is 3.55. The van der Waals surface area contributed by atoms with Crippen LogP contribution in [0.15, 0.2) is 53.7 Å². The van der Waals surface area contributed by atoms with E-state index in [1.807, 2.05) is 25.1 Å². The smallest absolute Gasteiger partial charge is 0.191 e. The highest BCUT2D eigenvalue weighted by atomic mass is 127. The van der Waals surface area contributed by atoms with Gasteiger partial charge in [0.05, 0.1) is 18.8 Å². The van der Waals surface area contributed by atoms with Crippen molar-refractivity contribution in [2.75, 3.05) is 33.4 Å². The predicted octanol–water partition coefficient (Wildman–Crippen LogP) is 3.51. The average molecular weight is 510 g/mol. The molecule has 1 fully saturated rings. The Bertz CT molecular complexity index is 747. The number of nitrogens with one attached hydrogen (secondary N) is 2. The van der Waals surface area contributed by atoms with E-state index in [2.05, 4.69) is 44.9 Å². The maximum Gasteiger partial charge on any atom is 0.191 e. The molecule has 1 aromatic carbocycles. The molecule has 0 radical (unpaired) electrons. The summed E-state index contributed by atoms with van der Waals surface area (Å²) < 4.78 is 11.2. The van der Waals surface area contributed by atoms with Gasteiger partial charge in [0.1, 0.15) is 5.75 Å². The van der Waals surface area contributed by atoms with Crippen LogP contribution in [0.1, 0.15) is 31.0 Å². The molecule has 0 aliphatic carbocycles. The first-order valence-corrected chi connectivity index (χ1v) is 9.91. The first-order chi connectivity index (χ1) is 13.8. The van der Waals surface area contributed by atoms with Gasteiger partial charge in [-0.2, -0.15) is 0 Å². The van der Waals surface area contributed by atoms with Crippen LogP contribution in [0.4, 0.5) is 0 Å². The fraction of sp³-hybridized carbons (Fsp3) is 0.455. The largest absolute Gasteiger partial charge is 0.494 e. The molecule has 2 aromatic rings. The number of guanidine groups is 1. The van der Waals surface area contributed by atoms with Crippen LogP contribution >= 0.6 is 24.0 Å². The predicted molar refractivity (Wildman–Crippen MR) is 127 cm³/mol. The minimum Gasteiger partial charge on any atom is -0.494 e. The van der Waals surface area contributed by atoms with Crippen molar-refractivity contribution in [3.63, 3.8) is 0 Å². The molecule has 1 aliphatic rings. The van der Waals surface area contributed by atoms with Gasteiger partial charge in [0.15, 0.2) is 5.96 Å². The Labute approximate surface area is 190 Å². The summed E-state index contributed by atoms with van der Waals surface area (Å²) in [4.78, 5) is 8.71. The second kappa shape index (κ2) is 12.0. The van der Waals surface area contributed by atoms with E-state index >= 15 is 0 Å². The zero-order chi connectivity index (χ0) is 19.7. The van der Waals surface area contributed by atoms with Crippen LogP contribution in [0.2, 0.25) is 0 Å². The first-order valence-electron chi connectivity index (χ1n) is 9.91. The third kappa shape index (κ3) is 6.57. The molecular formula is C22H31IN4O2. The Balaban J connectivity index is 0.00000300. The molecule has 0 bridgehead atoms. The molecule has 1 aromatic heterocycles. The minimum atomic E-state index is 0. The third-order valence-corrected chi connectivity index (χ3v) is 5.21. The molecule has 158 valence electrons. The van der Waals surface area contributed by atoms with Crippen LogP contribution in [0, 0.1) is 0 Å². The maximum absolute atomic E-state index is 5.64. The van der Waals surface area contributed by atoms with E-state index in [-0.39, 0.29) is 29.4 Å². The monoisotopic (exact) mass is 510 g/mol. The zero-order valence-corrected chi connectivity index (χ0v) is 19.5. The van der Waals surface area contributed by atoms with E-state index in [0.717, 1.165) is 50.0 Å². The molecule has 0 unspecified atom stereocenters. The summed E-state index contributed by atoms with van der Waals surface area (Å²) in [6.45, 7) is 5.66. The number of ether oxygens (including phenoxy) is 2. The zero-order valence-electron chi connectivity index (χ0n) is 17.2. The van der Waals surface area contributed by atoms with Gasteiger partial charge in [-0.05, 0) is 49.6 Å². The number of nitrogens with zero attached hydrogens (tertiary/aromatic N) is 2. The van der Waals surface area contributed by atoms with Crippen molar-refractivity contribution >= 4 is 29.9 Å². The first kappa shape index (κ1) is 23.4. The fourth-order valence-corrected chi connectivity index (χ4v) is 3.55. The lowest BCUT2D eigenvalue weighted by molar-refractivity contribution is 0.0513. The Morgan fingerprint density at radius 2 is 1.90 bits per heavy atom. The molecule has 0 amide bonds. The van der Waals surface area contributed by atoms with Crippen LogP contribution < -0.4 is 15.4 Å². The number of hydrogen-bond acceptors (Lipinski definition) is 4. The van der Waals surface area contributed by atoms with Gasteiger partial charge in [-0.3, -0.25) is 9.98 Å². The summed E-state index contributed by atoms with van der Waals surface area (Å²) in [5.41, 5.74) is 2.32. The molecule has 1 saturated heterocycles. The lowest BCUT2D eigenvalue weighted by atomic mass is 9.74. The Morgan fingerprint density at radius 3 is 2.52 bits per heavy atom. The van der Waals surface area contributed by atoms with Gasteiger partial charge in [-0.1, -0.05) is 18.2 Å². The van der Waals surface area contributed by atoms with Crippen molar-refractivity contribution in [3.05, 3.63) is 59.9 Å². The molecule has 2 N–H and O–H groups in total. The van der Waals surface area contributed by atoms with Crippen molar-refractivity contribution in [1.82, 2.24) is 15.6 Å². The number of aromatic nitrogens is 1. The van der Waals surface area contributed by atoms with Crippen LogP contribution in [0.5, 0.6) is 5.75 Å². The quantitative estimate of drug-likeness (QED) is 0.339. The second-order valence-corrected chi connectivity index (χ2v) is 6.95. The van der Waals surface area contributed by atoms with E-state index in [9.17, 15) is 0 Å². The van der Waals surface area contributed by atoms with Crippen molar-refractivity contribution in [3.8, 4) is 5.75 Å².